The first-order chi connectivity index (χ1) is 12.3. The molecule has 1 aliphatic rings. The van der Waals surface area contributed by atoms with Crippen LogP contribution in [0.15, 0.2) is 36.4 Å². The summed E-state index contributed by atoms with van der Waals surface area (Å²) in [6.07, 6.45) is 2.88. The lowest BCUT2D eigenvalue weighted by Gasteiger charge is -2.28. The molecule has 0 bridgehead atoms. The molecule has 3 nitrogen and oxygen atoms in total. The molecule has 0 aromatic heterocycles. The Kier molecular flexibility index (Phi) is 5.00. The molecule has 0 radical (unpaired) electrons. The van der Waals surface area contributed by atoms with Gasteiger partial charge in [-0.1, -0.05) is 64.1 Å². The fraction of sp³-hybridized carbons (Fsp3) is 0.478. The zero-order chi connectivity index (χ0) is 19.1. The standard InChI is InChI=1S/C23H32N2O/c1-5-22(24,6-2)15-9-11-17-18-12-10-16(23(25,7-3)8-4)14-20(18)21(26)19(17)13-15/h9-14,21,26H,5-8,24-25H2,1-4H3. The van der Waals surface area contributed by atoms with Crippen LogP contribution in [0.1, 0.15) is 81.7 Å². The van der Waals surface area contributed by atoms with Gasteiger partial charge >= 0.3 is 0 Å². The van der Waals surface area contributed by atoms with E-state index >= 15 is 0 Å². The van der Waals surface area contributed by atoms with E-state index in [2.05, 4.69) is 64.1 Å². The number of aliphatic hydroxyl groups is 1. The lowest BCUT2D eigenvalue weighted by atomic mass is 9.84. The summed E-state index contributed by atoms with van der Waals surface area (Å²) in [5.41, 5.74) is 18.8. The van der Waals surface area contributed by atoms with Crippen molar-refractivity contribution in [1.29, 1.82) is 0 Å². The van der Waals surface area contributed by atoms with Gasteiger partial charge in [-0.05, 0) is 59.1 Å². The number of hydrogen-bond donors (Lipinski definition) is 3. The number of benzene rings is 2. The minimum Gasteiger partial charge on any atom is -0.384 e. The monoisotopic (exact) mass is 352 g/mol. The van der Waals surface area contributed by atoms with Crippen LogP contribution in [0.3, 0.4) is 0 Å². The highest BCUT2D eigenvalue weighted by Gasteiger charge is 2.32. The van der Waals surface area contributed by atoms with Crippen LogP contribution < -0.4 is 11.5 Å². The molecule has 3 heteroatoms. The molecule has 2 aromatic carbocycles. The van der Waals surface area contributed by atoms with Gasteiger partial charge in [-0.25, -0.2) is 0 Å². The molecule has 2 aromatic rings. The summed E-state index contributed by atoms with van der Waals surface area (Å²) in [6.45, 7) is 8.46. The van der Waals surface area contributed by atoms with Gasteiger partial charge in [0.2, 0.25) is 0 Å². The van der Waals surface area contributed by atoms with E-state index in [-0.39, 0.29) is 11.1 Å². The third kappa shape index (κ3) is 2.79. The zero-order valence-electron chi connectivity index (χ0n) is 16.5. The minimum atomic E-state index is -0.615. The fourth-order valence-corrected chi connectivity index (χ4v) is 4.17. The molecule has 0 spiro atoms. The quantitative estimate of drug-likeness (QED) is 0.706. The molecule has 0 unspecified atom stereocenters. The summed E-state index contributed by atoms with van der Waals surface area (Å²) < 4.78 is 0. The van der Waals surface area contributed by atoms with Gasteiger partial charge in [0.25, 0.3) is 0 Å². The van der Waals surface area contributed by atoms with E-state index in [1.807, 2.05) is 0 Å². The molecule has 26 heavy (non-hydrogen) atoms. The highest BCUT2D eigenvalue weighted by Crippen LogP contribution is 2.46. The second kappa shape index (κ2) is 6.80. The number of rotatable bonds is 6. The Morgan fingerprint density at radius 2 is 1.08 bits per heavy atom. The van der Waals surface area contributed by atoms with Crippen molar-refractivity contribution >= 4 is 0 Å². The van der Waals surface area contributed by atoms with Crippen LogP contribution in [0.4, 0.5) is 0 Å². The Balaban J connectivity index is 2.08. The third-order valence-corrected chi connectivity index (χ3v) is 6.66. The predicted molar refractivity (Wildman–Crippen MR) is 109 cm³/mol. The average molecular weight is 353 g/mol. The summed E-state index contributed by atoms with van der Waals surface area (Å²) in [4.78, 5) is 0. The van der Waals surface area contributed by atoms with E-state index in [1.54, 1.807) is 0 Å². The molecular formula is C23H32N2O. The van der Waals surface area contributed by atoms with Crippen molar-refractivity contribution in [2.24, 2.45) is 11.5 Å². The van der Waals surface area contributed by atoms with Gasteiger partial charge in [0.1, 0.15) is 6.10 Å². The first kappa shape index (κ1) is 19.1. The average Bonchev–Trinajstić information content (AvgIpc) is 2.98. The van der Waals surface area contributed by atoms with Crippen LogP contribution in [0.25, 0.3) is 11.1 Å². The molecule has 0 saturated carbocycles. The summed E-state index contributed by atoms with van der Waals surface area (Å²) in [5, 5.41) is 11.0. The van der Waals surface area contributed by atoms with Crippen molar-refractivity contribution in [3.05, 3.63) is 58.7 Å². The Hall–Kier alpha value is -1.68. The molecule has 0 fully saturated rings. The minimum absolute atomic E-state index is 0.342. The Morgan fingerprint density at radius 1 is 0.731 bits per heavy atom. The number of aliphatic hydroxyl groups excluding tert-OH is 1. The fourth-order valence-electron chi connectivity index (χ4n) is 4.17. The van der Waals surface area contributed by atoms with Crippen molar-refractivity contribution in [2.45, 2.75) is 70.6 Å². The number of hydrogen-bond acceptors (Lipinski definition) is 3. The van der Waals surface area contributed by atoms with Gasteiger partial charge in [-0.2, -0.15) is 0 Å². The van der Waals surface area contributed by atoms with Gasteiger partial charge in [0.05, 0.1) is 0 Å². The highest BCUT2D eigenvalue weighted by atomic mass is 16.3. The summed E-state index contributed by atoms with van der Waals surface area (Å²) in [6, 6.07) is 12.7. The van der Waals surface area contributed by atoms with E-state index in [0.29, 0.717) is 0 Å². The molecular weight excluding hydrogens is 320 g/mol. The van der Waals surface area contributed by atoms with Gasteiger partial charge < -0.3 is 16.6 Å². The van der Waals surface area contributed by atoms with Crippen molar-refractivity contribution < 1.29 is 5.11 Å². The Morgan fingerprint density at radius 3 is 1.38 bits per heavy atom. The lowest BCUT2D eigenvalue weighted by Crippen LogP contribution is -2.35. The topological polar surface area (TPSA) is 72.3 Å². The smallest absolute Gasteiger partial charge is 0.105 e. The van der Waals surface area contributed by atoms with E-state index in [0.717, 1.165) is 59.1 Å². The molecule has 3 rings (SSSR count). The second-order valence-corrected chi connectivity index (χ2v) is 7.73. The molecule has 0 atom stereocenters. The summed E-state index contributed by atoms with van der Waals surface area (Å²) in [7, 11) is 0. The van der Waals surface area contributed by atoms with Crippen LogP contribution in [-0.4, -0.2) is 5.11 Å². The third-order valence-electron chi connectivity index (χ3n) is 6.66. The van der Waals surface area contributed by atoms with Crippen molar-refractivity contribution in [1.82, 2.24) is 0 Å². The Labute approximate surface area is 157 Å². The molecule has 0 amide bonds. The van der Waals surface area contributed by atoms with E-state index in [9.17, 15) is 5.11 Å². The van der Waals surface area contributed by atoms with Crippen LogP contribution in [0, 0.1) is 0 Å². The summed E-state index contributed by atoms with van der Waals surface area (Å²) in [5.74, 6) is 0. The second-order valence-electron chi connectivity index (χ2n) is 7.73. The maximum absolute atomic E-state index is 11.0. The van der Waals surface area contributed by atoms with Crippen LogP contribution >= 0.6 is 0 Å². The lowest BCUT2D eigenvalue weighted by molar-refractivity contribution is 0.224. The van der Waals surface area contributed by atoms with E-state index in [4.69, 9.17) is 11.5 Å². The molecule has 1 aliphatic carbocycles. The van der Waals surface area contributed by atoms with Crippen molar-refractivity contribution in [3.63, 3.8) is 0 Å². The van der Waals surface area contributed by atoms with Gasteiger partial charge in [0.15, 0.2) is 0 Å². The first-order valence-electron chi connectivity index (χ1n) is 9.88. The molecule has 140 valence electrons. The maximum Gasteiger partial charge on any atom is 0.105 e. The van der Waals surface area contributed by atoms with Gasteiger partial charge in [-0.15, -0.1) is 0 Å². The van der Waals surface area contributed by atoms with Crippen molar-refractivity contribution in [2.75, 3.05) is 0 Å². The SMILES string of the molecule is CCC(N)(CC)c1ccc2c(c1)C(O)c1cc(C(N)(CC)CC)ccc1-2. The largest absolute Gasteiger partial charge is 0.384 e. The normalized spacial score (nSPS) is 14.4. The van der Waals surface area contributed by atoms with E-state index < -0.39 is 6.10 Å². The van der Waals surface area contributed by atoms with Crippen LogP contribution in [0.5, 0.6) is 0 Å². The van der Waals surface area contributed by atoms with Gasteiger partial charge in [-0.3, -0.25) is 0 Å². The maximum atomic E-state index is 11.0. The van der Waals surface area contributed by atoms with Crippen LogP contribution in [0.2, 0.25) is 0 Å². The highest BCUT2D eigenvalue weighted by molar-refractivity contribution is 5.79. The van der Waals surface area contributed by atoms with Gasteiger partial charge in [0, 0.05) is 11.1 Å². The zero-order valence-corrected chi connectivity index (χ0v) is 16.5. The number of fused-ring (bicyclic) bond motifs is 3. The van der Waals surface area contributed by atoms with Crippen molar-refractivity contribution in [3.8, 4) is 11.1 Å². The first-order valence-corrected chi connectivity index (χ1v) is 9.88. The molecule has 5 N–H and O–H groups in total. The van der Waals surface area contributed by atoms with E-state index in [1.165, 1.54) is 0 Å². The predicted octanol–water partition coefficient (Wildman–Crippen LogP) is 4.70. The number of nitrogens with two attached hydrogens (primary N) is 2. The summed E-state index contributed by atoms with van der Waals surface area (Å²) >= 11 is 0. The molecule has 0 aliphatic heterocycles. The molecule has 0 saturated heterocycles. The van der Waals surface area contributed by atoms with Crippen LogP contribution in [-0.2, 0) is 11.1 Å². The Bertz CT molecular complexity index is 736. The molecule has 0 heterocycles.